The monoisotopic (exact) mass is 496 g/mol. The lowest BCUT2D eigenvalue weighted by Gasteiger charge is -2.19. The van der Waals surface area contributed by atoms with Crippen molar-refractivity contribution in [3.63, 3.8) is 0 Å². The topological polar surface area (TPSA) is 49.7 Å². The van der Waals surface area contributed by atoms with Crippen molar-refractivity contribution in [1.29, 1.82) is 0 Å². The molecule has 0 fully saturated rings. The molecule has 0 saturated carbocycles. The molecule has 5 rings (SSSR count). The van der Waals surface area contributed by atoms with Gasteiger partial charge in [-0.25, -0.2) is 4.99 Å². The largest absolute Gasteiger partial charge is 0.289 e. The third kappa shape index (κ3) is 4.67. The molecule has 0 saturated heterocycles. The Bertz CT molecular complexity index is 1480. The zero-order valence-electron chi connectivity index (χ0n) is 18.4. The van der Waals surface area contributed by atoms with Gasteiger partial charge in [0.2, 0.25) is 0 Å². The molecule has 0 aliphatic carbocycles. The maximum Gasteiger partial charge on any atom is 0.282 e. The van der Waals surface area contributed by atoms with Crippen LogP contribution >= 0.6 is 23.2 Å². The summed E-state index contributed by atoms with van der Waals surface area (Å²) in [6.45, 7) is 0. The molecule has 4 aromatic carbocycles. The Balaban J connectivity index is 1.52. The van der Waals surface area contributed by atoms with Crippen LogP contribution in [0.25, 0.3) is 6.08 Å². The number of hydrogen-bond acceptors (Lipinski definition) is 3. The van der Waals surface area contributed by atoms with Crippen molar-refractivity contribution in [1.82, 2.24) is 0 Å². The van der Waals surface area contributed by atoms with E-state index < -0.39 is 0 Å². The second kappa shape index (κ2) is 9.71. The number of aliphatic imine (C=N–C) groups is 1. The minimum absolute atomic E-state index is 0.0814. The minimum atomic E-state index is -0.280. The van der Waals surface area contributed by atoms with Crippen molar-refractivity contribution in [2.24, 2.45) is 4.99 Å². The number of amidine groups is 1. The van der Waals surface area contributed by atoms with Crippen LogP contribution in [0.3, 0.4) is 0 Å². The molecule has 6 heteroatoms. The molecular weight excluding hydrogens is 479 g/mol. The number of amides is 1. The van der Waals surface area contributed by atoms with Gasteiger partial charge in [-0.3, -0.25) is 14.5 Å². The minimum Gasteiger partial charge on any atom is -0.289 e. The molecule has 4 aromatic rings. The van der Waals surface area contributed by atoms with Crippen LogP contribution in [0.4, 0.5) is 5.69 Å². The molecule has 0 unspecified atom stereocenters. The Hall–Kier alpha value is -3.99. The van der Waals surface area contributed by atoms with Crippen LogP contribution in [0.1, 0.15) is 27.0 Å². The molecule has 0 bridgehead atoms. The average Bonchev–Trinajstić information content (AvgIpc) is 3.22. The van der Waals surface area contributed by atoms with E-state index in [0.717, 1.165) is 5.56 Å². The molecule has 4 nitrogen and oxygen atoms in total. The molecule has 1 aliphatic heterocycles. The lowest BCUT2D eigenvalue weighted by molar-refractivity contribution is -0.113. The van der Waals surface area contributed by atoms with Crippen molar-refractivity contribution < 1.29 is 9.59 Å². The fourth-order valence-electron chi connectivity index (χ4n) is 3.82. The van der Waals surface area contributed by atoms with Gasteiger partial charge in [0.25, 0.3) is 5.91 Å². The summed E-state index contributed by atoms with van der Waals surface area (Å²) in [5, 5.41) is 0.834. The molecule has 170 valence electrons. The second-order valence-electron chi connectivity index (χ2n) is 7.89. The van der Waals surface area contributed by atoms with Gasteiger partial charge in [-0.1, -0.05) is 89.9 Å². The number of halogens is 2. The summed E-state index contributed by atoms with van der Waals surface area (Å²) in [7, 11) is 0. The summed E-state index contributed by atoms with van der Waals surface area (Å²) in [6, 6.07) is 30.7. The van der Waals surface area contributed by atoms with Gasteiger partial charge in [0, 0.05) is 16.7 Å². The summed E-state index contributed by atoms with van der Waals surface area (Å²) in [5.74, 6) is 0.142. The van der Waals surface area contributed by atoms with E-state index in [1.165, 1.54) is 0 Å². The molecule has 1 aliphatic rings. The van der Waals surface area contributed by atoms with Crippen LogP contribution < -0.4 is 4.90 Å². The number of hydrogen-bond donors (Lipinski definition) is 0. The maximum atomic E-state index is 13.5. The summed E-state index contributed by atoms with van der Waals surface area (Å²) < 4.78 is 0. The number of benzene rings is 4. The van der Waals surface area contributed by atoms with Crippen molar-refractivity contribution in [2.75, 3.05) is 4.90 Å². The normalized spacial score (nSPS) is 14.3. The Labute approximate surface area is 212 Å². The first kappa shape index (κ1) is 22.8. The lowest BCUT2D eigenvalue weighted by Crippen LogP contribution is -2.32. The van der Waals surface area contributed by atoms with E-state index in [9.17, 15) is 9.59 Å². The second-order valence-corrected chi connectivity index (χ2v) is 8.70. The van der Waals surface area contributed by atoms with E-state index in [4.69, 9.17) is 23.2 Å². The molecule has 35 heavy (non-hydrogen) atoms. The highest BCUT2D eigenvalue weighted by molar-refractivity contribution is 6.42. The van der Waals surface area contributed by atoms with Gasteiger partial charge in [-0.15, -0.1) is 0 Å². The number of carbonyl (C=O) groups is 2. The lowest BCUT2D eigenvalue weighted by atomic mass is 10.0. The van der Waals surface area contributed by atoms with E-state index in [1.54, 1.807) is 65.6 Å². The Morgan fingerprint density at radius 1 is 0.743 bits per heavy atom. The van der Waals surface area contributed by atoms with Crippen LogP contribution in [0, 0.1) is 0 Å². The maximum absolute atomic E-state index is 13.5. The van der Waals surface area contributed by atoms with Gasteiger partial charge in [0.1, 0.15) is 11.5 Å². The Kier molecular flexibility index (Phi) is 6.32. The Morgan fingerprint density at radius 2 is 1.37 bits per heavy atom. The Morgan fingerprint density at radius 3 is 2.03 bits per heavy atom. The van der Waals surface area contributed by atoms with E-state index in [1.807, 2.05) is 48.5 Å². The molecule has 0 N–H and O–H groups in total. The van der Waals surface area contributed by atoms with E-state index in [0.29, 0.717) is 38.3 Å². The van der Waals surface area contributed by atoms with Crippen molar-refractivity contribution in [2.45, 2.75) is 0 Å². The van der Waals surface area contributed by atoms with Crippen molar-refractivity contribution >= 4 is 52.5 Å². The first-order chi connectivity index (χ1) is 17.0. The summed E-state index contributed by atoms with van der Waals surface area (Å²) >= 11 is 12.2. The van der Waals surface area contributed by atoms with Gasteiger partial charge >= 0.3 is 0 Å². The highest BCUT2D eigenvalue weighted by Crippen LogP contribution is 2.30. The van der Waals surface area contributed by atoms with Gasteiger partial charge < -0.3 is 0 Å². The first-order valence-corrected chi connectivity index (χ1v) is 11.6. The SMILES string of the molecule is O=C(c1ccccc1)c1ccc(N2C(=O)/C(=C\c3ccc(Cl)c(Cl)c3)N=C2c2ccccc2)cc1. The van der Waals surface area contributed by atoms with Gasteiger partial charge in [-0.05, 0) is 48.0 Å². The zero-order valence-corrected chi connectivity index (χ0v) is 19.9. The number of carbonyl (C=O) groups excluding carboxylic acids is 2. The molecular formula is C29H18Cl2N2O2. The van der Waals surface area contributed by atoms with E-state index >= 15 is 0 Å². The molecule has 0 spiro atoms. The molecule has 1 amide bonds. The van der Waals surface area contributed by atoms with Gasteiger partial charge in [0.05, 0.1) is 15.7 Å². The standard InChI is InChI=1S/C29H18Cl2N2O2/c30-24-16-11-19(17-25(24)31)18-26-29(35)33(28(32-26)22-9-5-2-6-10-22)23-14-12-21(13-15-23)27(34)20-7-3-1-4-8-20/h1-18H/b26-18+. The fourth-order valence-corrected chi connectivity index (χ4v) is 4.12. The predicted octanol–water partition coefficient (Wildman–Crippen LogP) is 7.06. The van der Waals surface area contributed by atoms with Crippen molar-refractivity contribution in [3.05, 3.63) is 141 Å². The average molecular weight is 497 g/mol. The number of rotatable bonds is 5. The van der Waals surface area contributed by atoms with Crippen LogP contribution in [0.5, 0.6) is 0 Å². The molecule has 0 aromatic heterocycles. The van der Waals surface area contributed by atoms with Gasteiger partial charge in [0.15, 0.2) is 5.78 Å². The van der Waals surface area contributed by atoms with Gasteiger partial charge in [-0.2, -0.15) is 0 Å². The summed E-state index contributed by atoms with van der Waals surface area (Å²) in [6.07, 6.45) is 1.68. The highest BCUT2D eigenvalue weighted by atomic mass is 35.5. The van der Waals surface area contributed by atoms with Crippen LogP contribution in [-0.4, -0.2) is 17.5 Å². The summed E-state index contributed by atoms with van der Waals surface area (Å²) in [4.78, 5) is 32.5. The van der Waals surface area contributed by atoms with E-state index in [2.05, 4.69) is 4.99 Å². The molecule has 0 atom stereocenters. The third-order valence-corrected chi connectivity index (χ3v) is 6.30. The predicted molar refractivity (Wildman–Crippen MR) is 141 cm³/mol. The number of nitrogens with zero attached hydrogens (tertiary/aromatic N) is 2. The first-order valence-electron chi connectivity index (χ1n) is 10.9. The quantitative estimate of drug-likeness (QED) is 0.219. The number of ketones is 1. The highest BCUT2D eigenvalue weighted by Gasteiger charge is 2.32. The number of anilines is 1. The molecule has 1 heterocycles. The summed E-state index contributed by atoms with van der Waals surface area (Å²) in [5.41, 5.74) is 3.53. The zero-order chi connectivity index (χ0) is 24.4. The van der Waals surface area contributed by atoms with E-state index in [-0.39, 0.29) is 17.4 Å². The van der Waals surface area contributed by atoms with Crippen LogP contribution in [0.2, 0.25) is 10.0 Å². The van der Waals surface area contributed by atoms with Crippen LogP contribution in [0.15, 0.2) is 114 Å². The van der Waals surface area contributed by atoms with Crippen molar-refractivity contribution in [3.8, 4) is 0 Å². The third-order valence-electron chi connectivity index (χ3n) is 5.56. The molecule has 0 radical (unpaired) electrons. The smallest absolute Gasteiger partial charge is 0.282 e. The fraction of sp³-hybridized carbons (Fsp3) is 0. The van der Waals surface area contributed by atoms with Crippen LogP contribution in [-0.2, 0) is 4.79 Å².